The second kappa shape index (κ2) is 4.74. The van der Waals surface area contributed by atoms with Crippen molar-refractivity contribution in [3.8, 4) is 0 Å². The lowest BCUT2D eigenvalue weighted by molar-refractivity contribution is -0.137. The number of nitrogens with zero attached hydrogens (tertiary/aromatic N) is 1. The van der Waals surface area contributed by atoms with E-state index in [-0.39, 0.29) is 18.1 Å². The van der Waals surface area contributed by atoms with Gasteiger partial charge in [-0.15, -0.1) is 0 Å². The largest absolute Gasteiger partial charge is 0.460 e. The van der Waals surface area contributed by atoms with Crippen molar-refractivity contribution in [2.45, 2.75) is 32.4 Å². The summed E-state index contributed by atoms with van der Waals surface area (Å²) >= 11 is 0. The molecule has 0 N–H and O–H groups in total. The molecule has 0 unspecified atom stereocenters. The van der Waals surface area contributed by atoms with Crippen molar-refractivity contribution in [3.05, 3.63) is 34.9 Å². The fraction of sp³-hybridized carbons (Fsp3) is 0.400. The van der Waals surface area contributed by atoms with E-state index < -0.39 is 11.8 Å². The number of amides is 1. The first kappa shape index (κ1) is 12.8. The number of rotatable bonds is 4. The molecule has 2 aliphatic rings. The van der Waals surface area contributed by atoms with E-state index in [4.69, 9.17) is 0 Å². The van der Waals surface area contributed by atoms with Gasteiger partial charge in [-0.25, -0.2) is 4.79 Å². The lowest BCUT2D eigenvalue weighted by atomic mass is 10.0. The molecular formula is C15H15NO4. The summed E-state index contributed by atoms with van der Waals surface area (Å²) in [5.41, 5.74) is 1.67. The summed E-state index contributed by atoms with van der Waals surface area (Å²) in [4.78, 5) is 37.4. The van der Waals surface area contributed by atoms with Gasteiger partial charge in [-0.1, -0.05) is 12.1 Å². The Kier molecular flexibility index (Phi) is 3.04. The Morgan fingerprint density at radius 1 is 1.35 bits per heavy atom. The number of hydrogen-bond donors (Lipinski definition) is 0. The molecule has 5 heteroatoms. The molecule has 104 valence electrons. The number of carbonyl (C=O) groups excluding carboxylic acids is 3. The van der Waals surface area contributed by atoms with Crippen LogP contribution >= 0.6 is 0 Å². The Bertz CT molecular complexity index is 604. The predicted molar refractivity (Wildman–Crippen MR) is 70.3 cm³/mol. The summed E-state index contributed by atoms with van der Waals surface area (Å²) in [5.74, 6) is -1.62. The number of carbonyl (C=O) groups is 3. The maximum Gasteiger partial charge on any atom is 0.379 e. The fourth-order valence-corrected chi connectivity index (χ4v) is 2.46. The second-order valence-corrected chi connectivity index (χ2v) is 5.09. The molecule has 0 saturated heterocycles. The summed E-state index contributed by atoms with van der Waals surface area (Å²) < 4.78 is 4.69. The molecule has 3 rings (SSSR count). The maximum atomic E-state index is 12.2. The number of esters is 1. The van der Waals surface area contributed by atoms with E-state index in [1.807, 2.05) is 4.90 Å². The van der Waals surface area contributed by atoms with Crippen molar-refractivity contribution in [1.82, 2.24) is 4.90 Å². The Morgan fingerprint density at radius 3 is 2.75 bits per heavy atom. The highest BCUT2D eigenvalue weighted by molar-refractivity contribution is 6.40. The Labute approximate surface area is 116 Å². The van der Waals surface area contributed by atoms with Gasteiger partial charge < -0.3 is 9.64 Å². The monoisotopic (exact) mass is 273 g/mol. The average Bonchev–Trinajstić information content (AvgIpc) is 3.23. The minimum atomic E-state index is -0.878. The van der Waals surface area contributed by atoms with Gasteiger partial charge in [0.05, 0.1) is 6.61 Å². The highest BCUT2D eigenvalue weighted by Gasteiger charge is 2.38. The van der Waals surface area contributed by atoms with Gasteiger partial charge in [0.2, 0.25) is 0 Å². The summed E-state index contributed by atoms with van der Waals surface area (Å²) in [5, 5.41) is 0. The molecule has 0 atom stereocenters. The van der Waals surface area contributed by atoms with Gasteiger partial charge in [0.25, 0.3) is 11.7 Å². The number of fused-ring (bicyclic) bond motifs is 1. The predicted octanol–water partition coefficient (Wildman–Crippen LogP) is 1.55. The van der Waals surface area contributed by atoms with Crippen LogP contribution in [0.1, 0.15) is 46.0 Å². The molecule has 0 bridgehead atoms. The van der Waals surface area contributed by atoms with Crippen molar-refractivity contribution in [1.29, 1.82) is 0 Å². The number of hydrogen-bond acceptors (Lipinski definition) is 4. The number of Topliss-reactive ketones (excluding diaryl/α,β-unsaturated/α-hetero) is 1. The first-order valence-electron chi connectivity index (χ1n) is 6.77. The first-order valence-corrected chi connectivity index (χ1v) is 6.77. The molecule has 20 heavy (non-hydrogen) atoms. The molecule has 1 saturated carbocycles. The molecule has 1 aromatic carbocycles. The minimum Gasteiger partial charge on any atom is -0.460 e. The zero-order valence-corrected chi connectivity index (χ0v) is 11.2. The zero-order valence-electron chi connectivity index (χ0n) is 11.2. The number of ketones is 1. The highest BCUT2D eigenvalue weighted by Crippen LogP contribution is 2.34. The Morgan fingerprint density at radius 2 is 2.10 bits per heavy atom. The zero-order chi connectivity index (χ0) is 14.3. The van der Waals surface area contributed by atoms with Gasteiger partial charge in [0, 0.05) is 23.7 Å². The first-order chi connectivity index (χ1) is 9.61. The van der Waals surface area contributed by atoms with E-state index >= 15 is 0 Å². The lowest BCUT2D eigenvalue weighted by Crippen LogP contribution is -2.26. The van der Waals surface area contributed by atoms with E-state index in [2.05, 4.69) is 4.74 Å². The fourth-order valence-electron chi connectivity index (χ4n) is 2.46. The molecule has 1 aromatic rings. The molecule has 1 aliphatic carbocycles. The van der Waals surface area contributed by atoms with Crippen molar-refractivity contribution in [3.63, 3.8) is 0 Å². The van der Waals surface area contributed by atoms with Crippen LogP contribution in [0.5, 0.6) is 0 Å². The van der Waals surface area contributed by atoms with Crippen molar-refractivity contribution >= 4 is 17.7 Å². The molecule has 1 heterocycles. The van der Waals surface area contributed by atoms with Crippen LogP contribution in [0.3, 0.4) is 0 Å². The summed E-state index contributed by atoms with van der Waals surface area (Å²) in [6.45, 7) is 2.40. The maximum absolute atomic E-state index is 12.2. The van der Waals surface area contributed by atoms with Gasteiger partial charge in [-0.05, 0) is 31.4 Å². The standard InChI is InChI=1S/C15H15NO4/c1-2-20-15(19)13(17)9-3-4-10-8-16(11-5-6-11)14(18)12(10)7-9/h3-4,7,11H,2,5-6,8H2,1H3. The third kappa shape index (κ3) is 2.09. The Hall–Kier alpha value is -2.17. The minimum absolute atomic E-state index is 0.0407. The van der Waals surface area contributed by atoms with Crippen molar-refractivity contribution in [2.75, 3.05) is 6.61 Å². The molecule has 0 radical (unpaired) electrons. The van der Waals surface area contributed by atoms with Gasteiger partial charge in [-0.2, -0.15) is 0 Å². The Balaban J connectivity index is 1.86. The second-order valence-electron chi connectivity index (χ2n) is 5.09. The van der Waals surface area contributed by atoms with Crippen LogP contribution in [-0.4, -0.2) is 35.2 Å². The van der Waals surface area contributed by atoms with Crippen LogP contribution in [0.4, 0.5) is 0 Å². The molecule has 1 amide bonds. The van der Waals surface area contributed by atoms with E-state index in [0.717, 1.165) is 18.4 Å². The normalized spacial score (nSPS) is 17.1. The SMILES string of the molecule is CCOC(=O)C(=O)c1ccc2c(c1)C(=O)N(C1CC1)C2. The van der Waals surface area contributed by atoms with Crippen LogP contribution in [-0.2, 0) is 16.1 Å². The smallest absolute Gasteiger partial charge is 0.379 e. The van der Waals surface area contributed by atoms with Crippen LogP contribution in [0.15, 0.2) is 18.2 Å². The van der Waals surface area contributed by atoms with Crippen LogP contribution in [0.2, 0.25) is 0 Å². The van der Waals surface area contributed by atoms with Crippen LogP contribution in [0, 0.1) is 0 Å². The van der Waals surface area contributed by atoms with E-state index in [1.54, 1.807) is 19.1 Å². The van der Waals surface area contributed by atoms with Crippen LogP contribution < -0.4 is 0 Å². The van der Waals surface area contributed by atoms with Crippen LogP contribution in [0.25, 0.3) is 0 Å². The summed E-state index contributed by atoms with van der Waals surface area (Å²) in [6, 6.07) is 5.20. The topological polar surface area (TPSA) is 63.7 Å². The number of benzene rings is 1. The molecule has 5 nitrogen and oxygen atoms in total. The summed E-state index contributed by atoms with van der Waals surface area (Å²) in [7, 11) is 0. The van der Waals surface area contributed by atoms with Gasteiger partial charge in [-0.3, -0.25) is 9.59 Å². The molecular weight excluding hydrogens is 258 g/mol. The highest BCUT2D eigenvalue weighted by atomic mass is 16.5. The van der Waals surface area contributed by atoms with Crippen molar-refractivity contribution < 1.29 is 19.1 Å². The molecule has 0 aromatic heterocycles. The van der Waals surface area contributed by atoms with Gasteiger partial charge >= 0.3 is 5.97 Å². The van der Waals surface area contributed by atoms with E-state index in [1.165, 1.54) is 6.07 Å². The van der Waals surface area contributed by atoms with E-state index in [9.17, 15) is 14.4 Å². The number of ether oxygens (including phenoxy) is 1. The third-order valence-electron chi connectivity index (χ3n) is 3.65. The van der Waals surface area contributed by atoms with Gasteiger partial charge in [0.15, 0.2) is 0 Å². The lowest BCUT2D eigenvalue weighted by Gasteiger charge is -2.13. The molecule has 1 fully saturated rings. The van der Waals surface area contributed by atoms with Gasteiger partial charge in [0.1, 0.15) is 0 Å². The summed E-state index contributed by atoms with van der Waals surface area (Å²) in [6.07, 6.45) is 2.10. The molecule has 1 aliphatic heterocycles. The third-order valence-corrected chi connectivity index (χ3v) is 3.65. The molecule has 0 spiro atoms. The van der Waals surface area contributed by atoms with Crippen molar-refractivity contribution in [2.24, 2.45) is 0 Å². The average molecular weight is 273 g/mol. The quantitative estimate of drug-likeness (QED) is 0.474. The van der Waals surface area contributed by atoms with E-state index in [0.29, 0.717) is 18.2 Å².